The van der Waals surface area contributed by atoms with Crippen LogP contribution in [0.25, 0.3) is 0 Å². The second-order valence-electron chi connectivity index (χ2n) is 8.89. The maximum Gasteiger partial charge on any atom is 0.317 e. The topological polar surface area (TPSA) is 104 Å². The van der Waals surface area contributed by atoms with Crippen molar-refractivity contribution in [3.63, 3.8) is 0 Å². The number of rotatable bonds is 1. The van der Waals surface area contributed by atoms with Gasteiger partial charge in [0.25, 0.3) is 0 Å². The van der Waals surface area contributed by atoms with Crippen LogP contribution in [-0.4, -0.2) is 36.1 Å². The van der Waals surface area contributed by atoms with Crippen LogP contribution in [0.15, 0.2) is 11.6 Å². The van der Waals surface area contributed by atoms with Crippen LogP contribution in [0.5, 0.6) is 0 Å². The minimum absolute atomic E-state index is 0.0142. The molecule has 7 nitrogen and oxygen atoms in total. The Balaban J connectivity index is 0.000000159. The lowest BCUT2D eigenvalue weighted by Crippen LogP contribution is -2.29. The van der Waals surface area contributed by atoms with E-state index in [2.05, 4.69) is 4.74 Å². The van der Waals surface area contributed by atoms with Gasteiger partial charge in [0, 0.05) is 17.8 Å². The molecule has 0 amide bonds. The number of allylic oxidation sites excluding steroid dienone is 1. The van der Waals surface area contributed by atoms with Crippen LogP contribution >= 0.6 is 0 Å². The zero-order valence-corrected chi connectivity index (χ0v) is 16.6. The minimum atomic E-state index is -0.447. The Bertz CT molecular complexity index is 773. The van der Waals surface area contributed by atoms with Crippen LogP contribution in [0.1, 0.15) is 51.9 Å². The number of esters is 3. The molecule has 3 aliphatic carbocycles. The highest BCUT2D eigenvalue weighted by atomic mass is 16.6. The molecule has 156 valence electrons. The van der Waals surface area contributed by atoms with Gasteiger partial charge in [-0.2, -0.15) is 0 Å². The zero-order valence-electron chi connectivity index (χ0n) is 16.6. The van der Waals surface area contributed by atoms with Crippen LogP contribution in [0.3, 0.4) is 0 Å². The molecule has 0 aromatic rings. The summed E-state index contributed by atoms with van der Waals surface area (Å²) in [6.45, 7) is 2.30. The van der Waals surface area contributed by atoms with E-state index >= 15 is 0 Å². The molecule has 0 spiro atoms. The molecule has 2 saturated heterocycles. The molecule has 0 N–H and O–H groups in total. The van der Waals surface area contributed by atoms with E-state index in [1.165, 1.54) is 0 Å². The predicted molar refractivity (Wildman–Crippen MR) is 99.1 cm³/mol. The van der Waals surface area contributed by atoms with Gasteiger partial charge in [0.2, 0.25) is 0 Å². The Hall–Kier alpha value is -2.31. The van der Waals surface area contributed by atoms with Gasteiger partial charge in [-0.05, 0) is 32.1 Å². The quantitative estimate of drug-likeness (QED) is 0.376. The lowest BCUT2D eigenvalue weighted by Gasteiger charge is -2.28. The third kappa shape index (κ3) is 3.79. The van der Waals surface area contributed by atoms with Gasteiger partial charge >= 0.3 is 17.9 Å². The van der Waals surface area contributed by atoms with Crippen molar-refractivity contribution < 1.29 is 33.4 Å². The molecule has 0 aromatic carbocycles. The van der Waals surface area contributed by atoms with Crippen LogP contribution in [-0.2, 0) is 33.4 Å². The minimum Gasteiger partial charge on any atom is -0.465 e. The lowest BCUT2D eigenvalue weighted by atomic mass is 9.72. The normalized spacial score (nSPS) is 38.5. The summed E-state index contributed by atoms with van der Waals surface area (Å²) in [6, 6.07) is 0. The number of cyclic esters (lactones) is 3. The first-order valence-corrected chi connectivity index (χ1v) is 10.5. The summed E-state index contributed by atoms with van der Waals surface area (Å²) in [5.74, 6) is -0.812. The largest absolute Gasteiger partial charge is 0.465 e. The van der Waals surface area contributed by atoms with Crippen molar-refractivity contribution in [3.05, 3.63) is 11.6 Å². The van der Waals surface area contributed by atoms with Crippen molar-refractivity contribution in [2.75, 3.05) is 6.61 Å². The lowest BCUT2D eigenvalue weighted by molar-refractivity contribution is -0.153. The average Bonchev–Trinajstić information content (AvgIpc) is 3.32. The number of hydrogen-bond donors (Lipinski definition) is 0. The van der Waals surface area contributed by atoms with Gasteiger partial charge in [-0.25, -0.2) is 0 Å². The molecule has 4 fully saturated rings. The molecule has 2 saturated carbocycles. The van der Waals surface area contributed by atoms with E-state index in [9.17, 15) is 24.0 Å². The summed E-state index contributed by atoms with van der Waals surface area (Å²) in [4.78, 5) is 56.7. The number of ketones is 2. The molecule has 2 heterocycles. The van der Waals surface area contributed by atoms with Gasteiger partial charge in [-0.15, -0.1) is 0 Å². The molecule has 6 atom stereocenters. The Morgan fingerprint density at radius 1 is 0.897 bits per heavy atom. The van der Waals surface area contributed by atoms with E-state index in [0.29, 0.717) is 13.0 Å². The summed E-state index contributed by atoms with van der Waals surface area (Å²) >= 11 is 0. The average molecular weight is 402 g/mol. The van der Waals surface area contributed by atoms with Crippen molar-refractivity contribution in [2.45, 2.75) is 51.9 Å². The van der Waals surface area contributed by atoms with Gasteiger partial charge in [-0.3, -0.25) is 24.0 Å². The summed E-state index contributed by atoms with van der Waals surface area (Å²) in [6.07, 6.45) is 7.25. The van der Waals surface area contributed by atoms with E-state index in [0.717, 1.165) is 31.3 Å². The Morgan fingerprint density at radius 2 is 1.55 bits per heavy atom. The number of ether oxygens (including phenoxy) is 2. The van der Waals surface area contributed by atoms with E-state index < -0.39 is 11.9 Å². The summed E-state index contributed by atoms with van der Waals surface area (Å²) < 4.78 is 9.66. The maximum atomic E-state index is 11.6. The number of carbonyl (C=O) groups is 5. The third-order valence-corrected chi connectivity index (χ3v) is 7.07. The Kier molecular flexibility index (Phi) is 5.40. The summed E-state index contributed by atoms with van der Waals surface area (Å²) in [5, 5.41) is 0. The molecule has 7 heteroatoms. The number of Topliss-reactive ketones (excluding diaryl/α,β-unsaturated/α-hetero) is 2. The molecule has 0 bridgehead atoms. The van der Waals surface area contributed by atoms with Crippen molar-refractivity contribution in [3.8, 4) is 0 Å². The van der Waals surface area contributed by atoms with Gasteiger partial charge < -0.3 is 9.47 Å². The number of hydrogen-bond acceptors (Lipinski definition) is 7. The van der Waals surface area contributed by atoms with Crippen LogP contribution in [0.2, 0.25) is 0 Å². The molecule has 29 heavy (non-hydrogen) atoms. The van der Waals surface area contributed by atoms with Crippen LogP contribution < -0.4 is 0 Å². The fourth-order valence-corrected chi connectivity index (χ4v) is 5.62. The van der Waals surface area contributed by atoms with E-state index in [-0.39, 0.29) is 65.9 Å². The van der Waals surface area contributed by atoms with E-state index in [4.69, 9.17) is 4.74 Å². The number of carbonyl (C=O) groups excluding carboxylic acids is 5. The first-order chi connectivity index (χ1) is 13.8. The van der Waals surface area contributed by atoms with Crippen molar-refractivity contribution >= 4 is 29.5 Å². The fourth-order valence-electron chi connectivity index (χ4n) is 5.62. The molecule has 0 radical (unpaired) electrons. The Morgan fingerprint density at radius 3 is 2.14 bits per heavy atom. The summed E-state index contributed by atoms with van der Waals surface area (Å²) in [5.41, 5.74) is 0.950. The molecule has 6 unspecified atom stereocenters. The predicted octanol–water partition coefficient (Wildman–Crippen LogP) is 2.17. The van der Waals surface area contributed by atoms with Gasteiger partial charge in [0.15, 0.2) is 0 Å². The van der Waals surface area contributed by atoms with Crippen LogP contribution in [0, 0.1) is 35.5 Å². The van der Waals surface area contributed by atoms with E-state index in [1.807, 2.05) is 13.0 Å². The highest BCUT2D eigenvalue weighted by Gasteiger charge is 2.47. The second kappa shape index (κ2) is 7.84. The molecule has 5 aliphatic rings. The third-order valence-electron chi connectivity index (χ3n) is 7.07. The van der Waals surface area contributed by atoms with Gasteiger partial charge in [-0.1, -0.05) is 24.5 Å². The Labute approximate surface area is 169 Å². The molecule has 5 rings (SSSR count). The van der Waals surface area contributed by atoms with Gasteiger partial charge in [0.05, 0.1) is 31.3 Å². The van der Waals surface area contributed by atoms with Crippen molar-refractivity contribution in [1.29, 1.82) is 0 Å². The standard InChI is InChI=1S/C13H14O5.C9H12O2/c1-6-2-7(9-4-10(14)18-12(9)15)3-8-5-17-13(16)11(6)8;10-8-5-9(11)7-4-2-1-3-6(7)8/h2,7-9,11H,3-5H2,1H3;6-7H,1-5H2. The zero-order chi connectivity index (χ0) is 20.7. The van der Waals surface area contributed by atoms with E-state index in [1.54, 1.807) is 0 Å². The van der Waals surface area contributed by atoms with Gasteiger partial charge in [0.1, 0.15) is 11.6 Å². The first kappa shape index (κ1) is 20.0. The molecule has 2 aliphatic heterocycles. The monoisotopic (exact) mass is 402 g/mol. The molecule has 0 aromatic heterocycles. The SMILES string of the molecule is CC1=CC(C2CC(=O)OC2=O)CC2COC(=O)C12.O=C1CC(=O)C2CCCCC12. The first-order valence-electron chi connectivity index (χ1n) is 10.5. The molecular formula is C22H26O7. The summed E-state index contributed by atoms with van der Waals surface area (Å²) in [7, 11) is 0. The maximum absolute atomic E-state index is 11.6. The van der Waals surface area contributed by atoms with Crippen molar-refractivity contribution in [1.82, 2.24) is 0 Å². The molecular weight excluding hydrogens is 376 g/mol. The second-order valence-corrected chi connectivity index (χ2v) is 8.89. The van der Waals surface area contributed by atoms with Crippen molar-refractivity contribution in [2.24, 2.45) is 35.5 Å². The smallest absolute Gasteiger partial charge is 0.317 e. The number of fused-ring (bicyclic) bond motifs is 2. The fraction of sp³-hybridized carbons (Fsp3) is 0.682. The van der Waals surface area contributed by atoms with Crippen LogP contribution in [0.4, 0.5) is 0 Å². The highest BCUT2D eigenvalue weighted by molar-refractivity contribution is 6.08. The highest BCUT2D eigenvalue weighted by Crippen LogP contribution is 2.43.